The molecule has 2 heterocycles. The lowest BCUT2D eigenvalue weighted by Crippen LogP contribution is -2.46. The Balaban J connectivity index is 1.62. The molecule has 0 aliphatic carbocycles. The monoisotopic (exact) mass is 427 g/mol. The van der Waals surface area contributed by atoms with Crippen molar-refractivity contribution in [3.63, 3.8) is 0 Å². The quantitative estimate of drug-likeness (QED) is 0.517. The molecule has 1 aromatic carbocycles. The number of nitrogens with zero attached hydrogens (tertiary/aromatic N) is 3. The lowest BCUT2D eigenvalue weighted by molar-refractivity contribution is -0.121. The molecule has 6 heteroatoms. The minimum atomic E-state index is 0.152. The number of hydrogen-bond donors (Lipinski definition) is 2. The number of piperidine rings is 2. The third kappa shape index (κ3) is 6.96. The van der Waals surface area contributed by atoms with Gasteiger partial charge in [0.1, 0.15) is 0 Å². The highest BCUT2D eigenvalue weighted by atomic mass is 16.1. The first kappa shape index (κ1) is 23.6. The molecule has 2 N–H and O–H groups in total. The molecule has 31 heavy (non-hydrogen) atoms. The van der Waals surface area contributed by atoms with Crippen LogP contribution in [-0.4, -0.2) is 60.9 Å². The largest absolute Gasteiger partial charge is 0.359 e. The van der Waals surface area contributed by atoms with Gasteiger partial charge in [0.15, 0.2) is 5.96 Å². The molecule has 0 spiro atoms. The predicted molar refractivity (Wildman–Crippen MR) is 128 cm³/mol. The summed E-state index contributed by atoms with van der Waals surface area (Å²) in [5.74, 6) is 1.63. The van der Waals surface area contributed by atoms with Crippen molar-refractivity contribution in [1.29, 1.82) is 0 Å². The number of nitrogens with one attached hydrogen (secondary N) is 2. The highest BCUT2D eigenvalue weighted by molar-refractivity contribution is 5.80. The maximum atomic E-state index is 11.7. The number of rotatable bonds is 7. The van der Waals surface area contributed by atoms with Crippen molar-refractivity contribution in [3.8, 4) is 0 Å². The molecule has 2 saturated heterocycles. The van der Waals surface area contributed by atoms with Crippen LogP contribution in [0.15, 0.2) is 29.3 Å². The SMILES string of the molecule is CCNC(=NCc1ccccc1CN1CCCCC1C)N1CCC(CC(=O)NC)CC1. The van der Waals surface area contributed by atoms with Gasteiger partial charge in [0, 0.05) is 45.7 Å². The van der Waals surface area contributed by atoms with E-state index in [1.807, 2.05) is 0 Å². The molecule has 2 fully saturated rings. The van der Waals surface area contributed by atoms with Crippen molar-refractivity contribution >= 4 is 11.9 Å². The Bertz CT molecular complexity index is 726. The molecule has 172 valence electrons. The Morgan fingerprint density at radius 1 is 1.10 bits per heavy atom. The van der Waals surface area contributed by atoms with Crippen molar-refractivity contribution in [2.45, 2.75) is 71.5 Å². The summed E-state index contributed by atoms with van der Waals surface area (Å²) in [5.41, 5.74) is 2.73. The van der Waals surface area contributed by atoms with Crippen LogP contribution in [0.2, 0.25) is 0 Å². The van der Waals surface area contributed by atoms with E-state index >= 15 is 0 Å². The average Bonchev–Trinajstić information content (AvgIpc) is 2.79. The van der Waals surface area contributed by atoms with E-state index in [0.29, 0.717) is 24.9 Å². The smallest absolute Gasteiger partial charge is 0.220 e. The van der Waals surface area contributed by atoms with Crippen LogP contribution in [0.25, 0.3) is 0 Å². The topological polar surface area (TPSA) is 60.0 Å². The normalized spacial score (nSPS) is 21.2. The highest BCUT2D eigenvalue weighted by Gasteiger charge is 2.23. The summed E-state index contributed by atoms with van der Waals surface area (Å²) in [5, 5.41) is 6.23. The lowest BCUT2D eigenvalue weighted by Gasteiger charge is -2.34. The summed E-state index contributed by atoms with van der Waals surface area (Å²) >= 11 is 0. The summed E-state index contributed by atoms with van der Waals surface area (Å²) in [6, 6.07) is 9.44. The Labute approximate surface area is 188 Å². The Morgan fingerprint density at radius 3 is 2.52 bits per heavy atom. The third-order valence-corrected chi connectivity index (χ3v) is 6.83. The van der Waals surface area contributed by atoms with Crippen molar-refractivity contribution in [2.24, 2.45) is 10.9 Å². The van der Waals surface area contributed by atoms with E-state index in [0.717, 1.165) is 45.0 Å². The summed E-state index contributed by atoms with van der Waals surface area (Å²) < 4.78 is 0. The van der Waals surface area contributed by atoms with Crippen molar-refractivity contribution in [2.75, 3.05) is 33.2 Å². The molecule has 6 nitrogen and oxygen atoms in total. The minimum absolute atomic E-state index is 0.152. The number of likely N-dealkylation sites (tertiary alicyclic amines) is 2. The minimum Gasteiger partial charge on any atom is -0.359 e. The summed E-state index contributed by atoms with van der Waals surface area (Å²) in [7, 11) is 1.72. The van der Waals surface area contributed by atoms with Gasteiger partial charge < -0.3 is 15.5 Å². The van der Waals surface area contributed by atoms with Crippen LogP contribution in [0.1, 0.15) is 63.5 Å². The van der Waals surface area contributed by atoms with Crippen LogP contribution in [0.4, 0.5) is 0 Å². The van der Waals surface area contributed by atoms with E-state index in [9.17, 15) is 4.79 Å². The van der Waals surface area contributed by atoms with E-state index in [1.54, 1.807) is 7.05 Å². The van der Waals surface area contributed by atoms with E-state index in [4.69, 9.17) is 4.99 Å². The average molecular weight is 428 g/mol. The molecule has 2 aliphatic heterocycles. The number of aliphatic imine (C=N–C) groups is 1. The fraction of sp³-hybridized carbons (Fsp3) is 0.680. The van der Waals surface area contributed by atoms with Crippen molar-refractivity contribution < 1.29 is 4.79 Å². The summed E-state index contributed by atoms with van der Waals surface area (Å²) in [4.78, 5) is 21.7. The van der Waals surface area contributed by atoms with Crippen LogP contribution >= 0.6 is 0 Å². The highest BCUT2D eigenvalue weighted by Crippen LogP contribution is 2.22. The second kappa shape index (κ2) is 12.1. The number of benzene rings is 1. The summed E-state index contributed by atoms with van der Waals surface area (Å²) in [6.45, 7) is 10.2. The number of guanidine groups is 1. The van der Waals surface area contributed by atoms with E-state index in [2.05, 4.69) is 58.5 Å². The maximum absolute atomic E-state index is 11.7. The van der Waals surface area contributed by atoms with Gasteiger partial charge in [-0.2, -0.15) is 0 Å². The Kier molecular flexibility index (Phi) is 9.19. The van der Waals surface area contributed by atoms with Gasteiger partial charge >= 0.3 is 0 Å². The second-order valence-electron chi connectivity index (χ2n) is 9.06. The van der Waals surface area contributed by atoms with Gasteiger partial charge in [-0.3, -0.25) is 9.69 Å². The van der Waals surface area contributed by atoms with Gasteiger partial charge in [-0.25, -0.2) is 4.99 Å². The molecule has 1 aromatic rings. The first-order chi connectivity index (χ1) is 15.1. The molecule has 1 amide bonds. The first-order valence-corrected chi connectivity index (χ1v) is 12.1. The van der Waals surface area contributed by atoms with E-state index in [-0.39, 0.29) is 5.91 Å². The first-order valence-electron chi connectivity index (χ1n) is 12.1. The molecule has 0 radical (unpaired) electrons. The molecule has 0 bridgehead atoms. The van der Waals surface area contributed by atoms with Crippen LogP contribution in [0, 0.1) is 5.92 Å². The zero-order chi connectivity index (χ0) is 22.1. The van der Waals surface area contributed by atoms with Gasteiger partial charge in [0.05, 0.1) is 6.54 Å². The number of carbonyl (C=O) groups excluding carboxylic acids is 1. The zero-order valence-corrected chi connectivity index (χ0v) is 19.7. The van der Waals surface area contributed by atoms with E-state index in [1.165, 1.54) is 36.9 Å². The third-order valence-electron chi connectivity index (χ3n) is 6.83. The molecule has 3 rings (SSSR count). The molecule has 1 unspecified atom stereocenters. The van der Waals surface area contributed by atoms with Gasteiger partial charge in [0.2, 0.25) is 5.91 Å². The van der Waals surface area contributed by atoms with Crippen molar-refractivity contribution in [1.82, 2.24) is 20.4 Å². The molecule has 0 aromatic heterocycles. The molecule has 2 aliphatic rings. The van der Waals surface area contributed by atoms with Crippen LogP contribution in [0.5, 0.6) is 0 Å². The number of amides is 1. The van der Waals surface area contributed by atoms with E-state index < -0.39 is 0 Å². The number of carbonyl (C=O) groups is 1. The van der Waals surface area contributed by atoms with Crippen LogP contribution in [-0.2, 0) is 17.9 Å². The standard InChI is InChI=1S/C25H41N5O/c1-4-27-25(29-15-12-21(13-16-29)17-24(31)26-3)28-18-22-10-5-6-11-23(22)19-30-14-8-7-9-20(30)2/h5-6,10-11,20-21H,4,7-9,12-19H2,1-3H3,(H,26,31)(H,27,28). The fourth-order valence-electron chi connectivity index (χ4n) is 4.78. The van der Waals surface area contributed by atoms with Gasteiger partial charge in [-0.1, -0.05) is 30.7 Å². The van der Waals surface area contributed by atoms with Crippen LogP contribution in [0.3, 0.4) is 0 Å². The molecular weight excluding hydrogens is 386 g/mol. The van der Waals surface area contributed by atoms with Gasteiger partial charge in [0.25, 0.3) is 0 Å². The molecular formula is C25H41N5O. The maximum Gasteiger partial charge on any atom is 0.220 e. The van der Waals surface area contributed by atoms with Crippen LogP contribution < -0.4 is 10.6 Å². The Hall–Kier alpha value is -2.08. The van der Waals surface area contributed by atoms with Crippen molar-refractivity contribution in [3.05, 3.63) is 35.4 Å². The zero-order valence-electron chi connectivity index (χ0n) is 19.7. The molecule has 1 atom stereocenters. The van der Waals surface area contributed by atoms with Gasteiger partial charge in [-0.15, -0.1) is 0 Å². The lowest BCUT2D eigenvalue weighted by atomic mass is 9.93. The fourth-order valence-corrected chi connectivity index (χ4v) is 4.78. The molecule has 0 saturated carbocycles. The summed E-state index contributed by atoms with van der Waals surface area (Å²) in [6.07, 6.45) is 6.70. The van der Waals surface area contributed by atoms with Gasteiger partial charge in [-0.05, 0) is 63.1 Å². The second-order valence-corrected chi connectivity index (χ2v) is 9.06. The predicted octanol–water partition coefficient (Wildman–Crippen LogP) is 3.37. The Morgan fingerprint density at radius 2 is 1.84 bits per heavy atom. The number of hydrogen-bond acceptors (Lipinski definition) is 3.